The second kappa shape index (κ2) is 11.3. The Morgan fingerprint density at radius 2 is 1.68 bits per heavy atom. The van der Waals surface area contributed by atoms with E-state index in [2.05, 4.69) is 20.6 Å². The number of carbonyl (C=O) groups excluding carboxylic acids is 1. The number of nitrogens with zero attached hydrogens (tertiary/aromatic N) is 2. The van der Waals surface area contributed by atoms with E-state index in [1.807, 2.05) is 65.0 Å². The summed E-state index contributed by atoms with van der Waals surface area (Å²) in [5, 5.41) is 5.81. The van der Waals surface area contributed by atoms with Gasteiger partial charge in [0.2, 0.25) is 11.9 Å². The molecular weight excluding hydrogens is 276 g/mol. The van der Waals surface area contributed by atoms with Crippen LogP contribution in [0.1, 0.15) is 40.3 Å². The maximum atomic E-state index is 11.0. The van der Waals surface area contributed by atoms with Crippen molar-refractivity contribution in [1.82, 2.24) is 9.97 Å². The van der Waals surface area contributed by atoms with Gasteiger partial charge in [-0.3, -0.25) is 4.79 Å². The molecule has 0 saturated heterocycles. The molecule has 1 aromatic carbocycles. The van der Waals surface area contributed by atoms with Gasteiger partial charge in [0.05, 0.1) is 0 Å². The van der Waals surface area contributed by atoms with Crippen LogP contribution in [0, 0.1) is 6.92 Å². The minimum atomic E-state index is -0.0982. The fourth-order valence-electron chi connectivity index (χ4n) is 1.52. The van der Waals surface area contributed by atoms with Crippen molar-refractivity contribution in [3.63, 3.8) is 0 Å². The van der Waals surface area contributed by atoms with Gasteiger partial charge in [-0.25, -0.2) is 9.97 Å². The van der Waals surface area contributed by atoms with Crippen LogP contribution in [-0.2, 0) is 4.79 Å². The maximum Gasteiger partial charge on any atom is 0.227 e. The molecule has 0 saturated carbocycles. The Balaban J connectivity index is 0.00000102. The van der Waals surface area contributed by atoms with E-state index in [1.54, 1.807) is 6.20 Å². The molecule has 0 bridgehead atoms. The highest BCUT2D eigenvalue weighted by molar-refractivity contribution is 5.89. The van der Waals surface area contributed by atoms with Gasteiger partial charge in [-0.2, -0.15) is 0 Å². The summed E-state index contributed by atoms with van der Waals surface area (Å²) in [6, 6.07) is 9.22. The maximum absolute atomic E-state index is 11.0. The van der Waals surface area contributed by atoms with Crippen LogP contribution in [-0.4, -0.2) is 15.9 Å². The number of benzene rings is 1. The predicted octanol–water partition coefficient (Wildman–Crippen LogP) is 4.54. The van der Waals surface area contributed by atoms with Crippen molar-refractivity contribution in [3.05, 3.63) is 42.2 Å². The predicted molar refractivity (Wildman–Crippen MR) is 93.5 cm³/mol. The van der Waals surface area contributed by atoms with Crippen LogP contribution >= 0.6 is 0 Å². The average molecular weight is 302 g/mol. The average Bonchev–Trinajstić information content (AvgIpc) is 2.51. The number of rotatable bonds is 3. The number of nitrogens with one attached hydrogen (secondary N) is 2. The topological polar surface area (TPSA) is 66.9 Å². The highest BCUT2D eigenvalue weighted by Gasteiger charge is 2.00. The van der Waals surface area contributed by atoms with Gasteiger partial charge in [-0.1, -0.05) is 33.8 Å². The van der Waals surface area contributed by atoms with Crippen LogP contribution < -0.4 is 10.6 Å². The zero-order valence-electron chi connectivity index (χ0n) is 14.3. The van der Waals surface area contributed by atoms with Crippen molar-refractivity contribution >= 4 is 23.2 Å². The van der Waals surface area contributed by atoms with Gasteiger partial charge in [0.15, 0.2) is 0 Å². The van der Waals surface area contributed by atoms with Crippen molar-refractivity contribution in [2.75, 3.05) is 10.6 Å². The van der Waals surface area contributed by atoms with Gasteiger partial charge in [-0.15, -0.1) is 0 Å². The molecule has 0 aliphatic carbocycles. The molecule has 5 heteroatoms. The number of aromatic nitrogens is 2. The van der Waals surface area contributed by atoms with E-state index in [4.69, 9.17) is 0 Å². The summed E-state index contributed by atoms with van der Waals surface area (Å²) in [6.07, 6.45) is 1.70. The normalized spacial score (nSPS) is 8.64. The quantitative estimate of drug-likeness (QED) is 0.873. The standard InChI is InChI=1S/C13H14N4O.2C2H6/c1-9-6-7-14-13(15-9)17-12-5-3-4-11(8-12)16-10(2)18;2*1-2/h3-8H,1-2H3,(H,16,18)(H,14,15,17);2*1-2H3. The first-order chi connectivity index (χ1) is 10.6. The second-order valence-electron chi connectivity index (χ2n) is 3.91. The van der Waals surface area contributed by atoms with Gasteiger partial charge < -0.3 is 10.6 Å². The fourth-order valence-corrected chi connectivity index (χ4v) is 1.52. The number of hydrogen-bond acceptors (Lipinski definition) is 4. The van der Waals surface area contributed by atoms with Crippen molar-refractivity contribution in [2.45, 2.75) is 41.5 Å². The molecule has 0 unspecified atom stereocenters. The molecule has 1 heterocycles. The largest absolute Gasteiger partial charge is 0.326 e. The zero-order chi connectivity index (χ0) is 17.0. The molecule has 0 spiro atoms. The first-order valence-electron chi connectivity index (χ1n) is 7.58. The molecule has 0 fully saturated rings. The van der Waals surface area contributed by atoms with Crippen LogP contribution in [0.5, 0.6) is 0 Å². The highest BCUT2D eigenvalue weighted by Crippen LogP contribution is 2.17. The molecule has 2 aromatic rings. The van der Waals surface area contributed by atoms with Crippen LogP contribution in [0.2, 0.25) is 0 Å². The number of hydrogen-bond donors (Lipinski definition) is 2. The number of carbonyl (C=O) groups is 1. The van der Waals surface area contributed by atoms with E-state index >= 15 is 0 Å². The van der Waals surface area contributed by atoms with Gasteiger partial charge in [0.25, 0.3) is 0 Å². The van der Waals surface area contributed by atoms with Crippen molar-refractivity contribution in [2.24, 2.45) is 0 Å². The second-order valence-corrected chi connectivity index (χ2v) is 3.91. The Kier molecular flexibility index (Phi) is 10.0. The lowest BCUT2D eigenvalue weighted by molar-refractivity contribution is -0.114. The first-order valence-corrected chi connectivity index (χ1v) is 7.58. The molecule has 0 radical (unpaired) electrons. The Bertz CT molecular complexity index is 570. The summed E-state index contributed by atoms with van der Waals surface area (Å²) in [6.45, 7) is 11.4. The minimum Gasteiger partial charge on any atom is -0.326 e. The molecule has 1 aromatic heterocycles. The molecule has 22 heavy (non-hydrogen) atoms. The number of anilines is 3. The van der Waals surface area contributed by atoms with Crippen LogP contribution in [0.4, 0.5) is 17.3 Å². The fraction of sp³-hybridized carbons (Fsp3) is 0.353. The molecule has 2 rings (SSSR count). The summed E-state index contributed by atoms with van der Waals surface area (Å²) in [4.78, 5) is 19.3. The SMILES string of the molecule is CC.CC.CC(=O)Nc1cccc(Nc2nccc(C)n2)c1. The Labute approximate surface area is 133 Å². The van der Waals surface area contributed by atoms with E-state index in [-0.39, 0.29) is 5.91 Å². The van der Waals surface area contributed by atoms with Crippen molar-refractivity contribution < 1.29 is 4.79 Å². The molecule has 0 atom stereocenters. The third-order valence-electron chi connectivity index (χ3n) is 2.23. The van der Waals surface area contributed by atoms with E-state index in [0.29, 0.717) is 5.95 Å². The van der Waals surface area contributed by atoms with Crippen LogP contribution in [0.3, 0.4) is 0 Å². The third-order valence-corrected chi connectivity index (χ3v) is 2.23. The molecule has 0 aliphatic rings. The van der Waals surface area contributed by atoms with E-state index < -0.39 is 0 Å². The van der Waals surface area contributed by atoms with Gasteiger partial charge in [0.1, 0.15) is 0 Å². The lowest BCUT2D eigenvalue weighted by atomic mass is 10.2. The number of aryl methyl sites for hydroxylation is 1. The van der Waals surface area contributed by atoms with Crippen molar-refractivity contribution in [3.8, 4) is 0 Å². The van der Waals surface area contributed by atoms with Gasteiger partial charge in [-0.05, 0) is 31.2 Å². The lowest BCUT2D eigenvalue weighted by Gasteiger charge is -2.07. The van der Waals surface area contributed by atoms with E-state index in [0.717, 1.165) is 17.1 Å². The smallest absolute Gasteiger partial charge is 0.227 e. The summed E-state index contributed by atoms with van der Waals surface area (Å²) in [7, 11) is 0. The Morgan fingerprint density at radius 3 is 2.27 bits per heavy atom. The van der Waals surface area contributed by atoms with E-state index in [1.165, 1.54) is 6.92 Å². The summed E-state index contributed by atoms with van der Waals surface area (Å²) >= 11 is 0. The van der Waals surface area contributed by atoms with Gasteiger partial charge in [0, 0.05) is 30.2 Å². The minimum absolute atomic E-state index is 0.0982. The zero-order valence-corrected chi connectivity index (χ0v) is 14.3. The van der Waals surface area contributed by atoms with Crippen LogP contribution in [0.25, 0.3) is 0 Å². The number of amides is 1. The molecule has 120 valence electrons. The third kappa shape index (κ3) is 7.38. The summed E-state index contributed by atoms with van der Waals surface area (Å²) < 4.78 is 0. The van der Waals surface area contributed by atoms with Crippen LogP contribution in [0.15, 0.2) is 36.5 Å². The molecule has 0 aliphatic heterocycles. The molecule has 1 amide bonds. The van der Waals surface area contributed by atoms with Gasteiger partial charge >= 0.3 is 0 Å². The monoisotopic (exact) mass is 302 g/mol. The molecule has 2 N–H and O–H groups in total. The van der Waals surface area contributed by atoms with Crippen molar-refractivity contribution in [1.29, 1.82) is 0 Å². The Morgan fingerprint density at radius 1 is 1.05 bits per heavy atom. The Hall–Kier alpha value is -2.43. The first kappa shape index (κ1) is 19.6. The van der Waals surface area contributed by atoms with E-state index in [9.17, 15) is 4.79 Å². The summed E-state index contributed by atoms with van der Waals surface area (Å²) in [5.74, 6) is 0.439. The molecule has 5 nitrogen and oxygen atoms in total. The lowest BCUT2D eigenvalue weighted by Crippen LogP contribution is -2.06. The highest BCUT2D eigenvalue weighted by atomic mass is 16.1. The molecular formula is C17H26N4O. The summed E-state index contributed by atoms with van der Waals surface area (Å²) in [5.41, 5.74) is 2.46.